The van der Waals surface area contributed by atoms with E-state index in [4.69, 9.17) is 4.74 Å². The lowest BCUT2D eigenvalue weighted by atomic mass is 9.79. The predicted octanol–water partition coefficient (Wildman–Crippen LogP) is 1.81. The van der Waals surface area contributed by atoms with Crippen LogP contribution < -0.4 is 5.32 Å². The zero-order chi connectivity index (χ0) is 15.5. The van der Waals surface area contributed by atoms with Crippen LogP contribution in [0.15, 0.2) is 0 Å². The minimum atomic E-state index is -2.67. The molecule has 1 heterocycles. The molecule has 1 amide bonds. The zero-order valence-corrected chi connectivity index (χ0v) is 11.9. The van der Waals surface area contributed by atoms with Crippen LogP contribution in [-0.2, 0) is 14.3 Å². The fourth-order valence-electron chi connectivity index (χ4n) is 2.93. The molecule has 120 valence electrons. The normalized spacial score (nSPS) is 25.2. The van der Waals surface area contributed by atoms with Crippen molar-refractivity contribution in [2.75, 3.05) is 19.8 Å². The van der Waals surface area contributed by atoms with E-state index in [1.807, 2.05) is 0 Å². The van der Waals surface area contributed by atoms with E-state index in [1.54, 1.807) is 0 Å². The number of aliphatic carboxylic acids is 1. The predicted molar refractivity (Wildman–Crippen MR) is 70.0 cm³/mol. The summed E-state index contributed by atoms with van der Waals surface area (Å²) in [5.41, 5.74) is -0.994. The average molecular weight is 305 g/mol. The topological polar surface area (TPSA) is 75.6 Å². The number of alkyl halides is 2. The van der Waals surface area contributed by atoms with Crippen molar-refractivity contribution in [3.8, 4) is 0 Å². The molecule has 2 fully saturated rings. The van der Waals surface area contributed by atoms with Crippen LogP contribution >= 0.6 is 0 Å². The molecule has 1 aliphatic heterocycles. The number of halogens is 2. The molecule has 0 bridgehead atoms. The molecule has 7 heteroatoms. The molecule has 2 rings (SSSR count). The monoisotopic (exact) mass is 305 g/mol. The minimum absolute atomic E-state index is 0.0391. The molecule has 5 nitrogen and oxygen atoms in total. The van der Waals surface area contributed by atoms with Gasteiger partial charge in [-0.15, -0.1) is 0 Å². The quantitative estimate of drug-likeness (QED) is 0.830. The Kier molecular flexibility index (Phi) is 4.81. The van der Waals surface area contributed by atoms with Gasteiger partial charge in [0.05, 0.1) is 5.41 Å². The first kappa shape index (κ1) is 16.1. The van der Waals surface area contributed by atoms with Gasteiger partial charge in [-0.2, -0.15) is 0 Å². The fourth-order valence-corrected chi connectivity index (χ4v) is 2.93. The van der Waals surface area contributed by atoms with Gasteiger partial charge in [0.25, 0.3) is 0 Å². The van der Waals surface area contributed by atoms with Gasteiger partial charge >= 0.3 is 5.97 Å². The molecule has 0 radical (unpaired) electrons. The van der Waals surface area contributed by atoms with Crippen LogP contribution in [0.3, 0.4) is 0 Å². The summed E-state index contributed by atoms with van der Waals surface area (Å²) in [6, 6.07) is 0. The van der Waals surface area contributed by atoms with E-state index in [-0.39, 0.29) is 38.1 Å². The van der Waals surface area contributed by atoms with Crippen molar-refractivity contribution < 1.29 is 28.2 Å². The van der Waals surface area contributed by atoms with Gasteiger partial charge in [-0.05, 0) is 25.7 Å². The lowest BCUT2D eigenvalue weighted by Crippen LogP contribution is -2.48. The highest BCUT2D eigenvalue weighted by Crippen LogP contribution is 2.36. The first-order chi connectivity index (χ1) is 9.85. The Balaban J connectivity index is 1.86. The molecule has 0 spiro atoms. The van der Waals surface area contributed by atoms with Crippen LogP contribution in [0.1, 0.15) is 38.5 Å². The Bertz CT molecular complexity index is 398. The molecule has 1 saturated heterocycles. The van der Waals surface area contributed by atoms with Crippen molar-refractivity contribution in [2.24, 2.45) is 11.3 Å². The summed E-state index contributed by atoms with van der Waals surface area (Å²) in [4.78, 5) is 23.5. The van der Waals surface area contributed by atoms with Crippen molar-refractivity contribution in [2.45, 2.75) is 44.4 Å². The van der Waals surface area contributed by atoms with Crippen LogP contribution in [0.2, 0.25) is 0 Å². The second-order valence-corrected chi connectivity index (χ2v) is 6.05. The van der Waals surface area contributed by atoms with Crippen molar-refractivity contribution in [3.05, 3.63) is 0 Å². The molecular formula is C14H21F2NO4. The molecule has 1 saturated carbocycles. The van der Waals surface area contributed by atoms with E-state index in [9.17, 15) is 23.5 Å². The highest BCUT2D eigenvalue weighted by atomic mass is 19.3. The third kappa shape index (κ3) is 3.90. The summed E-state index contributed by atoms with van der Waals surface area (Å²) < 4.78 is 31.3. The van der Waals surface area contributed by atoms with Gasteiger partial charge < -0.3 is 15.2 Å². The number of carbonyl (C=O) groups is 2. The number of rotatable bonds is 4. The largest absolute Gasteiger partial charge is 0.481 e. The second kappa shape index (κ2) is 6.25. The molecule has 2 aliphatic rings. The fraction of sp³-hybridized carbons (Fsp3) is 0.857. The Morgan fingerprint density at radius 3 is 2.24 bits per heavy atom. The number of carboxylic acid groups (broad SMARTS) is 1. The minimum Gasteiger partial charge on any atom is -0.481 e. The Labute approximate surface area is 122 Å². The standard InChI is InChI=1S/C14H21F2NO4/c15-14(16)3-1-10(2-4-14)11(18)17-9-13(12(19)20)5-7-21-8-6-13/h10H,1-9H2,(H,17,18)(H,19,20). The average Bonchev–Trinajstić information content (AvgIpc) is 2.45. The number of hydrogen-bond donors (Lipinski definition) is 2. The van der Waals surface area contributed by atoms with Crippen LogP contribution in [0, 0.1) is 11.3 Å². The van der Waals surface area contributed by atoms with Crippen molar-refractivity contribution in [3.63, 3.8) is 0 Å². The third-order valence-electron chi connectivity index (χ3n) is 4.59. The van der Waals surface area contributed by atoms with Crippen LogP contribution in [0.4, 0.5) is 8.78 Å². The summed E-state index contributed by atoms with van der Waals surface area (Å²) in [6.07, 6.45) is 0.465. The first-order valence-electron chi connectivity index (χ1n) is 7.31. The summed E-state index contributed by atoms with van der Waals surface area (Å²) in [5, 5.41) is 12.0. The van der Waals surface area contributed by atoms with E-state index < -0.39 is 23.2 Å². The smallest absolute Gasteiger partial charge is 0.311 e. The first-order valence-corrected chi connectivity index (χ1v) is 7.31. The lowest BCUT2D eigenvalue weighted by Gasteiger charge is -2.34. The lowest BCUT2D eigenvalue weighted by molar-refractivity contribution is -0.155. The maximum absolute atomic E-state index is 13.1. The van der Waals surface area contributed by atoms with E-state index in [0.29, 0.717) is 26.1 Å². The van der Waals surface area contributed by atoms with Crippen LogP contribution in [0.5, 0.6) is 0 Å². The van der Waals surface area contributed by atoms with E-state index in [0.717, 1.165) is 0 Å². The number of carboxylic acids is 1. The summed E-state index contributed by atoms with van der Waals surface area (Å²) in [7, 11) is 0. The highest BCUT2D eigenvalue weighted by molar-refractivity contribution is 5.80. The third-order valence-corrected chi connectivity index (χ3v) is 4.59. The SMILES string of the molecule is O=C(NCC1(C(=O)O)CCOCC1)C1CCC(F)(F)CC1. The van der Waals surface area contributed by atoms with Crippen molar-refractivity contribution >= 4 is 11.9 Å². The molecule has 21 heavy (non-hydrogen) atoms. The van der Waals surface area contributed by atoms with Crippen molar-refractivity contribution in [1.82, 2.24) is 5.32 Å². The Hall–Kier alpha value is -1.24. The van der Waals surface area contributed by atoms with Crippen LogP contribution in [-0.4, -0.2) is 42.7 Å². The zero-order valence-electron chi connectivity index (χ0n) is 11.9. The summed E-state index contributed by atoms with van der Waals surface area (Å²) in [5.74, 6) is -4.35. The Morgan fingerprint density at radius 1 is 1.14 bits per heavy atom. The van der Waals surface area contributed by atoms with Gasteiger partial charge in [-0.1, -0.05) is 0 Å². The number of amides is 1. The van der Waals surface area contributed by atoms with E-state index >= 15 is 0 Å². The number of carbonyl (C=O) groups excluding carboxylic acids is 1. The maximum atomic E-state index is 13.1. The van der Waals surface area contributed by atoms with Gasteiger partial charge in [0, 0.05) is 38.5 Å². The summed E-state index contributed by atoms with van der Waals surface area (Å²) in [6.45, 7) is 0.757. The number of nitrogens with one attached hydrogen (secondary N) is 1. The van der Waals surface area contributed by atoms with Crippen LogP contribution in [0.25, 0.3) is 0 Å². The molecule has 0 aromatic heterocycles. The van der Waals surface area contributed by atoms with Gasteiger partial charge in [-0.3, -0.25) is 9.59 Å². The maximum Gasteiger partial charge on any atom is 0.311 e. The molecule has 0 atom stereocenters. The highest BCUT2D eigenvalue weighted by Gasteiger charge is 2.42. The molecular weight excluding hydrogens is 284 g/mol. The van der Waals surface area contributed by atoms with Gasteiger partial charge in [-0.25, -0.2) is 8.78 Å². The van der Waals surface area contributed by atoms with E-state index in [2.05, 4.69) is 5.32 Å². The molecule has 1 aliphatic carbocycles. The van der Waals surface area contributed by atoms with Crippen molar-refractivity contribution in [1.29, 1.82) is 0 Å². The second-order valence-electron chi connectivity index (χ2n) is 6.05. The van der Waals surface area contributed by atoms with E-state index in [1.165, 1.54) is 0 Å². The van der Waals surface area contributed by atoms with Gasteiger partial charge in [0.1, 0.15) is 0 Å². The number of ether oxygens (including phenoxy) is 1. The van der Waals surface area contributed by atoms with Gasteiger partial charge in [0.2, 0.25) is 11.8 Å². The molecule has 2 N–H and O–H groups in total. The molecule has 0 unspecified atom stereocenters. The number of hydrogen-bond acceptors (Lipinski definition) is 3. The molecule has 0 aromatic carbocycles. The summed E-state index contributed by atoms with van der Waals surface area (Å²) >= 11 is 0. The molecule has 0 aromatic rings. The van der Waals surface area contributed by atoms with Gasteiger partial charge in [0.15, 0.2) is 0 Å². The Morgan fingerprint density at radius 2 is 1.71 bits per heavy atom.